The maximum absolute atomic E-state index is 12.9. The lowest BCUT2D eigenvalue weighted by atomic mass is 10.0. The molecule has 96 valence electrons. The smallest absolute Gasteiger partial charge is 0.230 e. The minimum atomic E-state index is -0.332. The third kappa shape index (κ3) is 2.08. The van der Waals surface area contributed by atoms with Crippen molar-refractivity contribution in [2.75, 3.05) is 5.73 Å². The number of furan rings is 1. The molecule has 2 N–H and O–H groups in total. The van der Waals surface area contributed by atoms with Crippen molar-refractivity contribution in [3.05, 3.63) is 47.4 Å². The van der Waals surface area contributed by atoms with Crippen LogP contribution in [0.15, 0.2) is 45.3 Å². The summed E-state index contributed by atoms with van der Waals surface area (Å²) in [6.45, 7) is 0. The first-order valence-corrected chi connectivity index (χ1v) is 5.80. The van der Waals surface area contributed by atoms with Crippen LogP contribution in [0, 0.1) is 5.82 Å². The van der Waals surface area contributed by atoms with Crippen LogP contribution < -0.4 is 5.73 Å². The van der Waals surface area contributed by atoms with Gasteiger partial charge in [-0.3, -0.25) is 0 Å². The summed E-state index contributed by atoms with van der Waals surface area (Å²) in [5, 5.41) is 4.09. The lowest BCUT2D eigenvalue weighted by Gasteiger charge is -2.00. The van der Waals surface area contributed by atoms with Crippen LogP contribution in [0.4, 0.5) is 10.3 Å². The third-order valence-electron chi connectivity index (χ3n) is 2.66. The fourth-order valence-corrected chi connectivity index (χ4v) is 1.95. The SMILES string of the molecule is Nc1onc(-c2ccc(Cl)o2)c1-c1ccc(F)cc1. The minimum Gasteiger partial charge on any atom is -0.443 e. The second-order valence-electron chi connectivity index (χ2n) is 3.88. The zero-order chi connectivity index (χ0) is 13.4. The number of aromatic nitrogens is 1. The highest BCUT2D eigenvalue weighted by Crippen LogP contribution is 2.37. The van der Waals surface area contributed by atoms with Gasteiger partial charge in [0.1, 0.15) is 5.82 Å². The second kappa shape index (κ2) is 4.44. The first kappa shape index (κ1) is 11.8. The van der Waals surface area contributed by atoms with Gasteiger partial charge in [-0.1, -0.05) is 17.3 Å². The molecule has 1 aromatic carbocycles. The number of benzene rings is 1. The van der Waals surface area contributed by atoms with Crippen molar-refractivity contribution < 1.29 is 13.3 Å². The molecule has 0 amide bonds. The molecule has 0 spiro atoms. The van der Waals surface area contributed by atoms with E-state index in [0.29, 0.717) is 22.6 Å². The van der Waals surface area contributed by atoms with E-state index in [-0.39, 0.29) is 16.9 Å². The van der Waals surface area contributed by atoms with Crippen LogP contribution in [0.3, 0.4) is 0 Å². The third-order valence-corrected chi connectivity index (χ3v) is 2.86. The lowest BCUT2D eigenvalue weighted by molar-refractivity contribution is 0.436. The van der Waals surface area contributed by atoms with Crippen LogP contribution in [0.5, 0.6) is 0 Å². The highest BCUT2D eigenvalue weighted by atomic mass is 35.5. The summed E-state index contributed by atoms with van der Waals surface area (Å²) in [5.41, 5.74) is 7.42. The van der Waals surface area contributed by atoms with Crippen LogP contribution in [0.1, 0.15) is 0 Å². The Bertz CT molecular complexity index is 719. The molecule has 2 aromatic heterocycles. The largest absolute Gasteiger partial charge is 0.443 e. The monoisotopic (exact) mass is 278 g/mol. The second-order valence-corrected chi connectivity index (χ2v) is 4.25. The van der Waals surface area contributed by atoms with Crippen LogP contribution in [-0.2, 0) is 0 Å². The molecule has 0 radical (unpaired) electrons. The van der Waals surface area contributed by atoms with E-state index in [9.17, 15) is 4.39 Å². The summed E-state index contributed by atoms with van der Waals surface area (Å²) >= 11 is 5.73. The van der Waals surface area contributed by atoms with Gasteiger partial charge in [0, 0.05) is 0 Å². The Morgan fingerprint density at radius 3 is 2.47 bits per heavy atom. The van der Waals surface area contributed by atoms with E-state index in [4.69, 9.17) is 26.3 Å². The molecule has 0 aliphatic rings. The predicted octanol–water partition coefficient (Wildman–Crippen LogP) is 3.98. The number of nitrogen functional groups attached to an aromatic ring is 1. The van der Waals surface area contributed by atoms with Crippen LogP contribution in [-0.4, -0.2) is 5.16 Å². The van der Waals surface area contributed by atoms with Crippen LogP contribution >= 0.6 is 11.6 Å². The van der Waals surface area contributed by atoms with E-state index in [1.807, 2.05) is 0 Å². The van der Waals surface area contributed by atoms with Gasteiger partial charge in [-0.05, 0) is 41.4 Å². The van der Waals surface area contributed by atoms with Crippen molar-refractivity contribution in [1.29, 1.82) is 0 Å². The Kier molecular flexibility index (Phi) is 2.76. The summed E-state index contributed by atoms with van der Waals surface area (Å²) in [5.74, 6) is 0.236. The van der Waals surface area contributed by atoms with Gasteiger partial charge in [0.05, 0.1) is 5.56 Å². The molecule has 0 aliphatic carbocycles. The molecule has 19 heavy (non-hydrogen) atoms. The lowest BCUT2D eigenvalue weighted by Crippen LogP contribution is -1.87. The van der Waals surface area contributed by atoms with Gasteiger partial charge < -0.3 is 14.7 Å². The fourth-order valence-electron chi connectivity index (χ4n) is 1.81. The fraction of sp³-hybridized carbons (Fsp3) is 0. The molecule has 3 aromatic rings. The number of nitrogens with zero attached hydrogens (tertiary/aromatic N) is 1. The molecule has 2 heterocycles. The van der Waals surface area contributed by atoms with Crippen molar-refractivity contribution >= 4 is 17.5 Å². The molecular weight excluding hydrogens is 271 g/mol. The number of hydrogen-bond donors (Lipinski definition) is 1. The van der Waals surface area contributed by atoms with Crippen molar-refractivity contribution in [2.24, 2.45) is 0 Å². The Morgan fingerprint density at radius 1 is 1.11 bits per heavy atom. The number of rotatable bonds is 2. The number of anilines is 1. The quantitative estimate of drug-likeness (QED) is 0.770. The van der Waals surface area contributed by atoms with Crippen LogP contribution in [0.2, 0.25) is 5.22 Å². The van der Waals surface area contributed by atoms with Gasteiger partial charge in [0.2, 0.25) is 5.88 Å². The summed E-state index contributed by atoms with van der Waals surface area (Å²) < 4.78 is 23.2. The Morgan fingerprint density at radius 2 is 1.84 bits per heavy atom. The van der Waals surface area contributed by atoms with Gasteiger partial charge in [-0.2, -0.15) is 0 Å². The molecule has 3 rings (SSSR count). The zero-order valence-corrected chi connectivity index (χ0v) is 10.3. The summed E-state index contributed by atoms with van der Waals surface area (Å²) in [6.07, 6.45) is 0. The first-order chi connectivity index (χ1) is 9.15. The van der Waals surface area contributed by atoms with Crippen molar-refractivity contribution in [2.45, 2.75) is 0 Å². The summed E-state index contributed by atoms with van der Waals surface area (Å²) in [7, 11) is 0. The van der Waals surface area contributed by atoms with E-state index >= 15 is 0 Å². The van der Waals surface area contributed by atoms with Gasteiger partial charge in [-0.25, -0.2) is 4.39 Å². The van der Waals surface area contributed by atoms with Gasteiger partial charge in [0.25, 0.3) is 0 Å². The molecule has 0 saturated carbocycles. The molecular formula is C13H8ClFN2O2. The molecule has 0 atom stereocenters. The normalized spacial score (nSPS) is 10.8. The van der Waals surface area contributed by atoms with Crippen molar-refractivity contribution in [3.63, 3.8) is 0 Å². The standard InChI is InChI=1S/C13H8ClFN2O2/c14-10-6-5-9(18-10)12-11(13(16)19-17-12)7-1-3-8(15)4-2-7/h1-6H,16H2. The number of nitrogens with two attached hydrogens (primary N) is 1. The molecule has 0 aliphatic heterocycles. The maximum atomic E-state index is 12.9. The summed E-state index contributed by atoms with van der Waals surface area (Å²) in [4.78, 5) is 0. The predicted molar refractivity (Wildman–Crippen MR) is 69.0 cm³/mol. The molecule has 0 fully saturated rings. The van der Waals surface area contributed by atoms with Crippen LogP contribution in [0.25, 0.3) is 22.6 Å². The topological polar surface area (TPSA) is 65.2 Å². The van der Waals surface area contributed by atoms with E-state index in [2.05, 4.69) is 5.16 Å². The molecule has 4 nitrogen and oxygen atoms in total. The minimum absolute atomic E-state index is 0.133. The van der Waals surface area contributed by atoms with Gasteiger partial charge >= 0.3 is 0 Å². The summed E-state index contributed by atoms with van der Waals surface area (Å²) in [6, 6.07) is 9.10. The van der Waals surface area contributed by atoms with Gasteiger partial charge in [0.15, 0.2) is 16.7 Å². The molecule has 6 heteroatoms. The van der Waals surface area contributed by atoms with E-state index in [0.717, 1.165) is 0 Å². The maximum Gasteiger partial charge on any atom is 0.230 e. The Labute approximate surface area is 112 Å². The van der Waals surface area contributed by atoms with Crippen molar-refractivity contribution in [1.82, 2.24) is 5.16 Å². The average molecular weight is 279 g/mol. The highest BCUT2D eigenvalue weighted by Gasteiger charge is 2.19. The number of hydrogen-bond acceptors (Lipinski definition) is 4. The van der Waals surface area contributed by atoms with Gasteiger partial charge in [-0.15, -0.1) is 0 Å². The highest BCUT2D eigenvalue weighted by molar-refractivity contribution is 6.29. The number of halogens is 2. The first-order valence-electron chi connectivity index (χ1n) is 5.42. The zero-order valence-electron chi connectivity index (χ0n) is 9.56. The average Bonchev–Trinajstić information content (AvgIpc) is 2.97. The Hall–Kier alpha value is -2.27. The Balaban J connectivity index is 2.16. The van der Waals surface area contributed by atoms with E-state index < -0.39 is 0 Å². The van der Waals surface area contributed by atoms with E-state index in [1.54, 1.807) is 24.3 Å². The van der Waals surface area contributed by atoms with E-state index in [1.165, 1.54) is 12.1 Å². The molecule has 0 saturated heterocycles. The molecule has 0 unspecified atom stereocenters. The molecule has 0 bridgehead atoms. The van der Waals surface area contributed by atoms with Crippen molar-refractivity contribution in [3.8, 4) is 22.6 Å².